The van der Waals surface area contributed by atoms with Crippen LogP contribution in [0.1, 0.15) is 43.6 Å². The van der Waals surface area contributed by atoms with Crippen molar-refractivity contribution >= 4 is 19.9 Å². The van der Waals surface area contributed by atoms with Crippen molar-refractivity contribution in [3.05, 3.63) is 90.5 Å². The quantitative estimate of drug-likeness (QED) is 0.428. The van der Waals surface area contributed by atoms with Gasteiger partial charge in [0.25, 0.3) is 0 Å². The van der Waals surface area contributed by atoms with Crippen LogP contribution in [0.5, 0.6) is 0 Å². The Morgan fingerprint density at radius 2 is 1.04 bits per heavy atom. The first-order valence-corrected chi connectivity index (χ1v) is 12.0. The Hall–Kier alpha value is -1.70. The molecule has 0 aliphatic heterocycles. The molecule has 1 saturated carbocycles. The average Bonchev–Trinajstić information content (AvgIpc) is 2.75. The Morgan fingerprint density at radius 3 is 1.54 bits per heavy atom. The van der Waals surface area contributed by atoms with Crippen molar-refractivity contribution < 1.29 is 0 Å². The molecule has 3 aromatic rings. The zero-order valence-electron chi connectivity index (χ0n) is 15.0. The summed E-state index contributed by atoms with van der Waals surface area (Å²) in [6, 6.07) is 30.2. The highest BCUT2D eigenvalue weighted by atomic mass is 35.7. The third-order valence-corrected chi connectivity index (χ3v) is 9.79. The first kappa shape index (κ1) is 17.7. The Morgan fingerprint density at radius 1 is 0.577 bits per heavy atom. The summed E-state index contributed by atoms with van der Waals surface area (Å²) in [7, 11) is 5.69. The summed E-state index contributed by atoms with van der Waals surface area (Å²) in [6.45, 7) is 0. The van der Waals surface area contributed by atoms with E-state index in [0.717, 1.165) is 5.92 Å². The number of hydrogen-bond donors (Lipinski definition) is 0. The molecule has 1 fully saturated rings. The fraction of sp³-hybridized carbons (Fsp3) is 0.250. The highest BCUT2D eigenvalue weighted by Gasteiger charge is 2.28. The molecule has 0 N–H and O–H groups in total. The van der Waals surface area contributed by atoms with Gasteiger partial charge in [-0.15, -0.1) is 0 Å². The van der Waals surface area contributed by atoms with Crippen LogP contribution in [0, 0.1) is 0 Å². The molecule has 0 amide bonds. The molecule has 0 saturated heterocycles. The monoisotopic (exact) mass is 380 g/mol. The number of halogens is 1. The molecular formula is C24H25ClS. The topological polar surface area (TPSA) is 0 Å². The van der Waals surface area contributed by atoms with Gasteiger partial charge in [-0.2, -0.15) is 0 Å². The van der Waals surface area contributed by atoms with Crippen molar-refractivity contribution in [2.75, 3.05) is 0 Å². The third kappa shape index (κ3) is 3.43. The van der Waals surface area contributed by atoms with Crippen molar-refractivity contribution in [3.63, 3.8) is 0 Å². The molecule has 134 valence electrons. The van der Waals surface area contributed by atoms with E-state index < -0.39 is 9.24 Å². The summed E-state index contributed by atoms with van der Waals surface area (Å²) in [6.07, 6.45) is 6.78. The molecule has 0 atom stereocenters. The van der Waals surface area contributed by atoms with E-state index in [0.29, 0.717) is 0 Å². The maximum absolute atomic E-state index is 7.44. The molecule has 2 heteroatoms. The Bertz CT molecular complexity index is 782. The summed E-state index contributed by atoms with van der Waals surface area (Å²) in [5.74, 6) is 0.728. The Balaban J connectivity index is 1.75. The van der Waals surface area contributed by atoms with E-state index >= 15 is 0 Å². The van der Waals surface area contributed by atoms with Crippen LogP contribution in [-0.4, -0.2) is 0 Å². The second-order valence-corrected chi connectivity index (χ2v) is 10.9. The number of hydrogen-bond acceptors (Lipinski definition) is 0. The van der Waals surface area contributed by atoms with Crippen LogP contribution in [0.15, 0.2) is 99.6 Å². The van der Waals surface area contributed by atoms with Gasteiger partial charge in [0.05, 0.1) is 0 Å². The van der Waals surface area contributed by atoms with Crippen molar-refractivity contribution in [1.82, 2.24) is 0 Å². The van der Waals surface area contributed by atoms with E-state index in [1.54, 1.807) is 0 Å². The number of rotatable bonds is 4. The minimum Gasteiger partial charge on any atom is -0.0810 e. The second kappa shape index (κ2) is 7.90. The van der Waals surface area contributed by atoms with E-state index in [1.807, 2.05) is 0 Å². The molecule has 0 unspecified atom stereocenters. The highest BCUT2D eigenvalue weighted by molar-refractivity contribution is 8.51. The lowest BCUT2D eigenvalue weighted by atomic mass is 9.84. The maximum Gasteiger partial charge on any atom is 0.0117 e. The molecular weight excluding hydrogens is 356 g/mol. The summed E-state index contributed by atoms with van der Waals surface area (Å²) < 4.78 is 0. The molecule has 0 bridgehead atoms. The number of benzene rings is 3. The lowest BCUT2D eigenvalue weighted by Crippen LogP contribution is -2.04. The molecule has 0 heterocycles. The van der Waals surface area contributed by atoms with Crippen LogP contribution in [0.4, 0.5) is 0 Å². The van der Waals surface area contributed by atoms with Gasteiger partial charge in [0.1, 0.15) is 0 Å². The van der Waals surface area contributed by atoms with Crippen LogP contribution in [0.3, 0.4) is 0 Å². The molecule has 0 spiro atoms. The second-order valence-electron chi connectivity index (χ2n) is 7.07. The average molecular weight is 381 g/mol. The molecule has 1 aliphatic rings. The van der Waals surface area contributed by atoms with Crippen LogP contribution in [0.25, 0.3) is 0 Å². The lowest BCUT2D eigenvalue weighted by Gasteiger charge is -2.34. The van der Waals surface area contributed by atoms with E-state index in [2.05, 4.69) is 84.9 Å². The SMILES string of the molecule is ClS(c1ccccc1)(c1ccccc1)c1ccc(C2CCCCC2)cc1. The molecule has 4 rings (SSSR count). The van der Waals surface area contributed by atoms with Crippen LogP contribution in [0.2, 0.25) is 0 Å². The highest BCUT2D eigenvalue weighted by Crippen LogP contribution is 2.72. The first-order valence-electron chi connectivity index (χ1n) is 9.51. The molecule has 0 radical (unpaired) electrons. The van der Waals surface area contributed by atoms with Gasteiger partial charge in [-0.05, 0) is 60.7 Å². The van der Waals surface area contributed by atoms with Crippen LogP contribution < -0.4 is 0 Å². The van der Waals surface area contributed by atoms with Crippen molar-refractivity contribution in [3.8, 4) is 0 Å². The van der Waals surface area contributed by atoms with Gasteiger partial charge in [0.15, 0.2) is 0 Å². The van der Waals surface area contributed by atoms with Gasteiger partial charge in [-0.25, -0.2) is 0 Å². The molecule has 1 aliphatic carbocycles. The van der Waals surface area contributed by atoms with Crippen molar-refractivity contribution in [1.29, 1.82) is 0 Å². The zero-order valence-corrected chi connectivity index (χ0v) is 16.6. The van der Waals surface area contributed by atoms with Crippen LogP contribution in [-0.2, 0) is 0 Å². The summed E-state index contributed by atoms with van der Waals surface area (Å²) >= 11 is 0. The normalized spacial score (nSPS) is 16.3. The van der Waals surface area contributed by atoms with Gasteiger partial charge >= 0.3 is 0 Å². The fourth-order valence-electron chi connectivity index (χ4n) is 3.99. The summed E-state index contributed by atoms with van der Waals surface area (Å²) in [5, 5.41) is 0. The Labute approximate surface area is 163 Å². The van der Waals surface area contributed by atoms with E-state index in [-0.39, 0.29) is 0 Å². The van der Waals surface area contributed by atoms with Gasteiger partial charge in [0.2, 0.25) is 0 Å². The maximum atomic E-state index is 7.44. The minimum atomic E-state index is -1.75. The first-order chi connectivity index (χ1) is 12.8. The summed E-state index contributed by atoms with van der Waals surface area (Å²) in [4.78, 5) is 3.60. The molecule has 3 aromatic carbocycles. The smallest absolute Gasteiger partial charge is 0.0117 e. The van der Waals surface area contributed by atoms with Crippen LogP contribution >= 0.6 is 19.9 Å². The minimum absolute atomic E-state index is 0.728. The lowest BCUT2D eigenvalue weighted by molar-refractivity contribution is 0.443. The van der Waals surface area contributed by atoms with Gasteiger partial charge in [-0.3, -0.25) is 0 Å². The van der Waals surface area contributed by atoms with Crippen molar-refractivity contribution in [2.45, 2.75) is 52.7 Å². The van der Waals surface area contributed by atoms with Gasteiger partial charge in [-0.1, -0.05) is 87.7 Å². The molecule has 0 nitrogen and oxygen atoms in total. The van der Waals surface area contributed by atoms with E-state index in [9.17, 15) is 0 Å². The predicted octanol–water partition coefficient (Wildman–Crippen LogP) is 8.17. The van der Waals surface area contributed by atoms with E-state index in [1.165, 1.54) is 52.4 Å². The fourth-order valence-corrected chi connectivity index (χ4v) is 7.31. The Kier molecular flexibility index (Phi) is 5.38. The predicted molar refractivity (Wildman–Crippen MR) is 113 cm³/mol. The van der Waals surface area contributed by atoms with Gasteiger partial charge in [0, 0.05) is 14.7 Å². The summed E-state index contributed by atoms with van der Waals surface area (Å²) in [5.41, 5.74) is 1.48. The molecule has 0 aromatic heterocycles. The standard InChI is InChI=1S/C24H25ClS/c25-26(22-12-6-2-7-13-22,23-14-8-3-9-15-23)24-18-16-21(17-19-24)20-10-4-1-5-11-20/h2-3,6-9,12-20H,1,4-5,10-11H2. The van der Waals surface area contributed by atoms with Crippen molar-refractivity contribution in [2.24, 2.45) is 0 Å². The zero-order chi connectivity index (χ0) is 17.8. The van der Waals surface area contributed by atoms with E-state index in [4.69, 9.17) is 10.7 Å². The van der Waals surface area contributed by atoms with Gasteiger partial charge < -0.3 is 0 Å². The third-order valence-electron chi connectivity index (χ3n) is 5.42. The largest absolute Gasteiger partial charge is 0.0810 e. The molecule has 26 heavy (non-hydrogen) atoms.